The molecule has 1 rings (SSSR count). The molecule has 1 aromatic carbocycles. The van der Waals surface area contributed by atoms with Crippen LogP contribution in [0.15, 0.2) is 16.6 Å². The normalized spacial score (nSPS) is 10.1. The standard InChI is InChI=1S/C10H11BrFNO2/c1-6-4-8(11)7(5-9(6)12)10(15)13-2-3-14/h4-5,14H,2-3H2,1H3,(H,13,15). The topological polar surface area (TPSA) is 49.3 Å². The molecule has 5 heteroatoms. The molecule has 0 aliphatic heterocycles. The van der Waals surface area contributed by atoms with Crippen LogP contribution in [0.3, 0.4) is 0 Å². The van der Waals surface area contributed by atoms with Gasteiger partial charge in [-0.1, -0.05) is 0 Å². The van der Waals surface area contributed by atoms with Crippen LogP contribution >= 0.6 is 15.9 Å². The summed E-state index contributed by atoms with van der Waals surface area (Å²) in [6, 6.07) is 2.72. The third-order valence-electron chi connectivity index (χ3n) is 1.89. The molecule has 0 atom stereocenters. The van der Waals surface area contributed by atoms with Gasteiger partial charge in [-0.2, -0.15) is 0 Å². The Labute approximate surface area is 95.4 Å². The molecule has 0 aromatic heterocycles. The maximum absolute atomic E-state index is 13.2. The maximum Gasteiger partial charge on any atom is 0.252 e. The second kappa shape index (κ2) is 5.23. The van der Waals surface area contributed by atoms with Gasteiger partial charge >= 0.3 is 0 Å². The summed E-state index contributed by atoms with van der Waals surface area (Å²) in [6.07, 6.45) is 0. The minimum atomic E-state index is -0.424. The van der Waals surface area contributed by atoms with Gasteiger partial charge in [0.15, 0.2) is 0 Å². The van der Waals surface area contributed by atoms with Gasteiger partial charge < -0.3 is 10.4 Å². The van der Waals surface area contributed by atoms with E-state index in [9.17, 15) is 9.18 Å². The average Bonchev–Trinajstić information content (AvgIpc) is 2.20. The fourth-order valence-electron chi connectivity index (χ4n) is 1.08. The minimum absolute atomic E-state index is 0.141. The van der Waals surface area contributed by atoms with E-state index < -0.39 is 11.7 Å². The van der Waals surface area contributed by atoms with Crippen molar-refractivity contribution in [3.63, 3.8) is 0 Å². The summed E-state index contributed by atoms with van der Waals surface area (Å²) < 4.78 is 13.7. The number of amides is 1. The number of aliphatic hydroxyl groups is 1. The van der Waals surface area contributed by atoms with Gasteiger partial charge in [0.05, 0.1) is 12.2 Å². The summed E-state index contributed by atoms with van der Waals surface area (Å²) in [4.78, 5) is 11.5. The van der Waals surface area contributed by atoms with Crippen molar-refractivity contribution in [3.05, 3.63) is 33.5 Å². The van der Waals surface area contributed by atoms with Gasteiger partial charge in [-0.25, -0.2) is 4.39 Å². The summed E-state index contributed by atoms with van der Waals surface area (Å²) in [7, 11) is 0. The molecule has 0 aliphatic rings. The predicted octanol–water partition coefficient (Wildman–Crippen LogP) is 1.62. The molecule has 0 spiro atoms. The van der Waals surface area contributed by atoms with Crippen LogP contribution in [0, 0.1) is 12.7 Å². The van der Waals surface area contributed by atoms with Crippen molar-refractivity contribution < 1.29 is 14.3 Å². The Hall–Kier alpha value is -0.940. The predicted molar refractivity (Wildman–Crippen MR) is 58.3 cm³/mol. The van der Waals surface area contributed by atoms with Crippen molar-refractivity contribution in [2.75, 3.05) is 13.2 Å². The fourth-order valence-corrected chi connectivity index (χ4v) is 1.72. The van der Waals surface area contributed by atoms with Gasteiger partial charge in [-0.15, -0.1) is 0 Å². The number of carbonyl (C=O) groups is 1. The number of carbonyl (C=O) groups excluding carboxylic acids is 1. The van der Waals surface area contributed by atoms with Gasteiger partial charge in [0.1, 0.15) is 5.82 Å². The van der Waals surface area contributed by atoms with E-state index in [2.05, 4.69) is 21.2 Å². The van der Waals surface area contributed by atoms with Crippen LogP contribution in [0.1, 0.15) is 15.9 Å². The fraction of sp³-hybridized carbons (Fsp3) is 0.300. The number of nitrogens with one attached hydrogen (secondary N) is 1. The van der Waals surface area contributed by atoms with Crippen molar-refractivity contribution >= 4 is 21.8 Å². The lowest BCUT2D eigenvalue weighted by Gasteiger charge is -2.07. The number of benzene rings is 1. The Morgan fingerprint density at radius 3 is 2.87 bits per heavy atom. The Morgan fingerprint density at radius 1 is 1.60 bits per heavy atom. The third-order valence-corrected chi connectivity index (χ3v) is 2.55. The Bertz CT molecular complexity index is 382. The molecule has 3 nitrogen and oxygen atoms in total. The molecule has 2 N–H and O–H groups in total. The highest BCUT2D eigenvalue weighted by Crippen LogP contribution is 2.20. The van der Waals surface area contributed by atoms with Crippen molar-refractivity contribution in [1.82, 2.24) is 5.32 Å². The van der Waals surface area contributed by atoms with E-state index in [1.807, 2.05) is 0 Å². The third kappa shape index (κ3) is 3.00. The zero-order valence-electron chi connectivity index (χ0n) is 8.18. The smallest absolute Gasteiger partial charge is 0.252 e. The average molecular weight is 276 g/mol. The van der Waals surface area contributed by atoms with Crippen LogP contribution < -0.4 is 5.32 Å². The summed E-state index contributed by atoms with van der Waals surface area (Å²) >= 11 is 3.18. The van der Waals surface area contributed by atoms with Crippen molar-refractivity contribution in [3.8, 4) is 0 Å². The first-order valence-electron chi connectivity index (χ1n) is 4.41. The Morgan fingerprint density at radius 2 is 2.27 bits per heavy atom. The van der Waals surface area contributed by atoms with E-state index in [4.69, 9.17) is 5.11 Å². The van der Waals surface area contributed by atoms with E-state index in [-0.39, 0.29) is 18.7 Å². The van der Waals surface area contributed by atoms with Crippen LogP contribution in [0.4, 0.5) is 4.39 Å². The zero-order valence-corrected chi connectivity index (χ0v) is 9.77. The summed E-state index contributed by atoms with van der Waals surface area (Å²) in [5.74, 6) is -0.831. The molecule has 0 aliphatic carbocycles. The van der Waals surface area contributed by atoms with E-state index >= 15 is 0 Å². The van der Waals surface area contributed by atoms with Gasteiger partial charge in [0, 0.05) is 11.0 Å². The molecule has 0 radical (unpaired) electrons. The molecule has 15 heavy (non-hydrogen) atoms. The molecule has 0 unspecified atom stereocenters. The second-order valence-electron chi connectivity index (χ2n) is 3.06. The lowest BCUT2D eigenvalue weighted by Crippen LogP contribution is -2.26. The van der Waals surface area contributed by atoms with Crippen molar-refractivity contribution in [1.29, 1.82) is 0 Å². The quantitative estimate of drug-likeness (QED) is 0.881. The lowest BCUT2D eigenvalue weighted by atomic mass is 10.1. The largest absolute Gasteiger partial charge is 0.395 e. The first kappa shape index (κ1) is 12.1. The first-order chi connectivity index (χ1) is 7.06. The van der Waals surface area contributed by atoms with E-state index in [1.165, 1.54) is 6.07 Å². The zero-order chi connectivity index (χ0) is 11.4. The summed E-state index contributed by atoms with van der Waals surface area (Å²) in [5.41, 5.74) is 0.701. The number of rotatable bonds is 3. The van der Waals surface area contributed by atoms with Crippen molar-refractivity contribution in [2.24, 2.45) is 0 Å². The second-order valence-corrected chi connectivity index (χ2v) is 3.92. The number of aryl methyl sites for hydroxylation is 1. The van der Waals surface area contributed by atoms with Crippen molar-refractivity contribution in [2.45, 2.75) is 6.92 Å². The highest BCUT2D eigenvalue weighted by Gasteiger charge is 2.12. The van der Waals surface area contributed by atoms with Gasteiger partial charge in [0.2, 0.25) is 0 Å². The molecule has 0 fully saturated rings. The molecule has 0 saturated heterocycles. The molecule has 0 heterocycles. The Balaban J connectivity index is 2.94. The van der Waals surface area contributed by atoms with Crippen LogP contribution in [0.2, 0.25) is 0 Å². The van der Waals surface area contributed by atoms with E-state index in [1.54, 1.807) is 13.0 Å². The Kier molecular flexibility index (Phi) is 4.23. The molecular formula is C10H11BrFNO2. The van der Waals surface area contributed by atoms with E-state index in [0.29, 0.717) is 10.0 Å². The molecule has 82 valence electrons. The lowest BCUT2D eigenvalue weighted by molar-refractivity contribution is 0.0943. The van der Waals surface area contributed by atoms with Crippen LogP contribution in [0.25, 0.3) is 0 Å². The molecule has 1 aromatic rings. The summed E-state index contributed by atoms with van der Waals surface area (Å²) in [5, 5.41) is 11.0. The van der Waals surface area contributed by atoms with E-state index in [0.717, 1.165) is 0 Å². The number of aliphatic hydroxyl groups excluding tert-OH is 1. The first-order valence-corrected chi connectivity index (χ1v) is 5.20. The molecule has 0 saturated carbocycles. The number of hydrogen-bond acceptors (Lipinski definition) is 2. The molecular weight excluding hydrogens is 265 g/mol. The van der Waals surface area contributed by atoms with Crippen LogP contribution in [-0.4, -0.2) is 24.2 Å². The monoisotopic (exact) mass is 275 g/mol. The molecule has 1 amide bonds. The highest BCUT2D eigenvalue weighted by atomic mass is 79.9. The molecule has 0 bridgehead atoms. The van der Waals surface area contributed by atoms with Crippen LogP contribution in [0.5, 0.6) is 0 Å². The maximum atomic E-state index is 13.2. The SMILES string of the molecule is Cc1cc(Br)c(C(=O)NCCO)cc1F. The summed E-state index contributed by atoms with van der Waals surface area (Å²) in [6.45, 7) is 1.63. The number of halogens is 2. The van der Waals surface area contributed by atoms with Crippen LogP contribution in [-0.2, 0) is 0 Å². The van der Waals surface area contributed by atoms with Gasteiger partial charge in [-0.3, -0.25) is 4.79 Å². The van der Waals surface area contributed by atoms with Gasteiger partial charge in [0.25, 0.3) is 5.91 Å². The minimum Gasteiger partial charge on any atom is -0.395 e. The highest BCUT2D eigenvalue weighted by molar-refractivity contribution is 9.10. The van der Waals surface area contributed by atoms with Gasteiger partial charge in [-0.05, 0) is 40.5 Å². The number of hydrogen-bond donors (Lipinski definition) is 2.